The fraction of sp³-hybridized carbons (Fsp3) is 0.333. The highest BCUT2D eigenvalue weighted by atomic mass is 16.4. The highest BCUT2D eigenvalue weighted by Gasteiger charge is 2.46. The number of aromatic nitrogens is 4. The van der Waals surface area contributed by atoms with Crippen LogP contribution in [0.4, 0.5) is 0 Å². The van der Waals surface area contributed by atoms with E-state index in [1.165, 1.54) is 0 Å². The first-order chi connectivity index (χ1) is 13.4. The lowest BCUT2D eigenvalue weighted by molar-refractivity contribution is 0.310. The van der Waals surface area contributed by atoms with Crippen LogP contribution in [0.25, 0.3) is 17.2 Å². The van der Waals surface area contributed by atoms with E-state index in [0.717, 1.165) is 41.3 Å². The first kappa shape index (κ1) is 18.2. The molecule has 1 aliphatic carbocycles. The quantitative estimate of drug-likeness (QED) is 0.308. The lowest BCUT2D eigenvalue weighted by atomic mass is 9.77. The number of hydrogen-bond donors (Lipinski definition) is 2. The van der Waals surface area contributed by atoms with Gasteiger partial charge >= 0.3 is 0 Å². The monoisotopic (exact) mass is 376 g/mol. The van der Waals surface area contributed by atoms with E-state index in [1.54, 1.807) is 18.6 Å². The van der Waals surface area contributed by atoms with Gasteiger partial charge in [-0.05, 0) is 63.3 Å². The second kappa shape index (κ2) is 6.74. The van der Waals surface area contributed by atoms with Crippen LogP contribution in [0.5, 0.6) is 0 Å². The molecule has 1 fully saturated rings. The van der Waals surface area contributed by atoms with Gasteiger partial charge in [0, 0.05) is 17.6 Å². The molecular formula is C21H24N6O. The Balaban J connectivity index is 1.63. The molecule has 0 amide bonds. The summed E-state index contributed by atoms with van der Waals surface area (Å²) in [6, 6.07) is 8.01. The summed E-state index contributed by atoms with van der Waals surface area (Å²) >= 11 is 0. The summed E-state index contributed by atoms with van der Waals surface area (Å²) in [7, 11) is 0. The fourth-order valence-electron chi connectivity index (χ4n) is 3.81. The van der Waals surface area contributed by atoms with Crippen LogP contribution in [0.15, 0.2) is 48.0 Å². The average molecular weight is 376 g/mol. The van der Waals surface area contributed by atoms with Crippen LogP contribution in [0.1, 0.15) is 36.7 Å². The summed E-state index contributed by atoms with van der Waals surface area (Å²) in [5.41, 5.74) is 10.1. The summed E-state index contributed by atoms with van der Waals surface area (Å²) in [5.74, 6) is 1.39. The largest absolute Gasteiger partial charge is 0.409 e. The van der Waals surface area contributed by atoms with E-state index in [2.05, 4.69) is 36.8 Å². The first-order valence-corrected chi connectivity index (χ1v) is 9.37. The molecule has 3 N–H and O–H groups in total. The lowest BCUT2D eigenvalue weighted by Gasteiger charge is -2.28. The molecule has 7 heteroatoms. The molecule has 144 valence electrons. The van der Waals surface area contributed by atoms with Crippen LogP contribution >= 0.6 is 0 Å². The number of rotatable bonds is 5. The Bertz CT molecular complexity index is 999. The van der Waals surface area contributed by atoms with E-state index in [4.69, 9.17) is 5.73 Å². The van der Waals surface area contributed by atoms with E-state index in [1.807, 2.05) is 32.9 Å². The third-order valence-electron chi connectivity index (χ3n) is 5.80. The molecule has 3 aromatic heterocycles. The molecule has 1 saturated carbocycles. The second-order valence-electron chi connectivity index (χ2n) is 7.61. The van der Waals surface area contributed by atoms with Crippen LogP contribution < -0.4 is 5.73 Å². The predicted octanol–water partition coefficient (Wildman–Crippen LogP) is 3.36. The normalized spacial score (nSPS) is 16.8. The van der Waals surface area contributed by atoms with Crippen molar-refractivity contribution in [2.75, 3.05) is 0 Å². The Labute approximate surface area is 164 Å². The number of nitrogens with zero attached hydrogens (tertiary/aromatic N) is 5. The maximum atomic E-state index is 9.21. The summed E-state index contributed by atoms with van der Waals surface area (Å²) in [6.45, 7) is 6.09. The van der Waals surface area contributed by atoms with Gasteiger partial charge in [-0.15, -0.1) is 0 Å². The van der Waals surface area contributed by atoms with Gasteiger partial charge in [0.05, 0.1) is 23.5 Å². The molecule has 0 saturated heterocycles. The van der Waals surface area contributed by atoms with Crippen LogP contribution in [0.3, 0.4) is 0 Å². The van der Waals surface area contributed by atoms with Crippen molar-refractivity contribution in [3.8, 4) is 17.2 Å². The molecule has 0 aliphatic heterocycles. The summed E-state index contributed by atoms with van der Waals surface area (Å²) in [4.78, 5) is 13.7. The Kier molecular flexibility index (Phi) is 4.37. The Morgan fingerprint density at radius 3 is 2.21 bits per heavy atom. The van der Waals surface area contributed by atoms with Gasteiger partial charge in [-0.1, -0.05) is 11.2 Å². The minimum atomic E-state index is -0.501. The molecule has 0 aromatic carbocycles. The van der Waals surface area contributed by atoms with Gasteiger partial charge in [0.25, 0.3) is 0 Å². The van der Waals surface area contributed by atoms with E-state index in [0.29, 0.717) is 11.6 Å². The molecule has 1 atom stereocenters. The van der Waals surface area contributed by atoms with Gasteiger partial charge in [-0.2, -0.15) is 0 Å². The van der Waals surface area contributed by atoms with Gasteiger partial charge in [0.2, 0.25) is 0 Å². The van der Waals surface area contributed by atoms with Crippen molar-refractivity contribution in [2.24, 2.45) is 16.8 Å². The standard InChI is InChI=1S/C21H24N6O/c1-13-4-5-14(2)27(13)19-12-24-18(11-25-19)17-9-8-16(10-23-17)21(3,15-6-7-15)20(22)26-28/h4-5,8-12,15,28H,6-7H2,1-3H3,(H2,22,26). The highest BCUT2D eigenvalue weighted by Crippen LogP contribution is 2.47. The second-order valence-corrected chi connectivity index (χ2v) is 7.61. The average Bonchev–Trinajstić information content (AvgIpc) is 3.53. The summed E-state index contributed by atoms with van der Waals surface area (Å²) in [6.07, 6.45) is 7.43. The molecule has 0 bridgehead atoms. The van der Waals surface area contributed by atoms with Crippen LogP contribution in [-0.2, 0) is 5.41 Å². The topological polar surface area (TPSA) is 102 Å². The zero-order valence-corrected chi connectivity index (χ0v) is 16.3. The zero-order chi connectivity index (χ0) is 19.9. The Hall–Kier alpha value is -3.22. The number of pyridine rings is 1. The number of amidine groups is 1. The number of aryl methyl sites for hydroxylation is 2. The number of hydrogen-bond acceptors (Lipinski definition) is 5. The minimum Gasteiger partial charge on any atom is -0.409 e. The number of nitrogens with two attached hydrogens (primary N) is 1. The van der Waals surface area contributed by atoms with Gasteiger partial charge in [-0.25, -0.2) is 9.97 Å². The lowest BCUT2D eigenvalue weighted by Crippen LogP contribution is -2.40. The van der Waals surface area contributed by atoms with Crippen molar-refractivity contribution in [2.45, 2.75) is 39.0 Å². The van der Waals surface area contributed by atoms with Crippen LogP contribution in [0, 0.1) is 19.8 Å². The number of oxime groups is 1. The van der Waals surface area contributed by atoms with Gasteiger partial charge in [0.15, 0.2) is 5.82 Å². The van der Waals surface area contributed by atoms with Gasteiger partial charge < -0.3 is 15.5 Å². The molecule has 0 radical (unpaired) electrons. The van der Waals surface area contributed by atoms with Crippen molar-refractivity contribution in [3.63, 3.8) is 0 Å². The molecule has 4 rings (SSSR count). The van der Waals surface area contributed by atoms with E-state index >= 15 is 0 Å². The third kappa shape index (κ3) is 2.93. The van der Waals surface area contributed by atoms with Crippen molar-refractivity contribution >= 4 is 5.84 Å². The van der Waals surface area contributed by atoms with Crippen LogP contribution in [-0.4, -0.2) is 30.6 Å². The predicted molar refractivity (Wildman–Crippen MR) is 108 cm³/mol. The molecule has 3 heterocycles. The van der Waals surface area contributed by atoms with Gasteiger partial charge in [0.1, 0.15) is 11.5 Å². The van der Waals surface area contributed by atoms with Crippen molar-refractivity contribution in [1.29, 1.82) is 0 Å². The molecule has 1 unspecified atom stereocenters. The fourth-order valence-corrected chi connectivity index (χ4v) is 3.81. The summed E-state index contributed by atoms with van der Waals surface area (Å²) < 4.78 is 2.06. The molecule has 0 spiro atoms. The maximum Gasteiger partial charge on any atom is 0.155 e. The van der Waals surface area contributed by atoms with E-state index in [-0.39, 0.29) is 5.84 Å². The molecule has 28 heavy (non-hydrogen) atoms. The summed E-state index contributed by atoms with van der Waals surface area (Å²) in [5, 5.41) is 12.5. The third-order valence-corrected chi connectivity index (χ3v) is 5.80. The molecule has 3 aromatic rings. The Morgan fingerprint density at radius 2 is 1.71 bits per heavy atom. The molecule has 7 nitrogen and oxygen atoms in total. The smallest absolute Gasteiger partial charge is 0.155 e. The molecular weight excluding hydrogens is 352 g/mol. The van der Waals surface area contributed by atoms with E-state index < -0.39 is 5.41 Å². The SMILES string of the molecule is Cc1ccc(C)n1-c1cnc(-c2ccc(C(C)(C(N)=NO)C3CC3)cn2)cn1. The van der Waals surface area contributed by atoms with Crippen molar-refractivity contribution in [1.82, 2.24) is 19.5 Å². The van der Waals surface area contributed by atoms with Crippen LogP contribution in [0.2, 0.25) is 0 Å². The highest BCUT2D eigenvalue weighted by molar-refractivity contribution is 5.91. The zero-order valence-electron chi connectivity index (χ0n) is 16.3. The Morgan fingerprint density at radius 1 is 1.04 bits per heavy atom. The molecule has 1 aliphatic rings. The first-order valence-electron chi connectivity index (χ1n) is 9.37. The van der Waals surface area contributed by atoms with E-state index in [9.17, 15) is 5.21 Å². The van der Waals surface area contributed by atoms with Crippen molar-refractivity contribution < 1.29 is 5.21 Å². The maximum absolute atomic E-state index is 9.21. The minimum absolute atomic E-state index is 0.228. The van der Waals surface area contributed by atoms with Crippen molar-refractivity contribution in [3.05, 3.63) is 59.8 Å². The van der Waals surface area contributed by atoms with Gasteiger partial charge in [-0.3, -0.25) is 4.98 Å².